The first kappa shape index (κ1) is 18.9. The Morgan fingerprint density at radius 1 is 1.23 bits per heavy atom. The van der Waals surface area contributed by atoms with Crippen LogP contribution in [0.5, 0.6) is 5.75 Å². The number of alkyl halides is 1. The number of aliphatic hydroxyl groups excluding tert-OH is 1. The Morgan fingerprint density at radius 2 is 1.88 bits per heavy atom. The summed E-state index contributed by atoms with van der Waals surface area (Å²) in [6.07, 6.45) is -0.936. The van der Waals surface area contributed by atoms with Gasteiger partial charge in [0, 0.05) is 17.7 Å². The third-order valence-corrected chi connectivity index (χ3v) is 5.05. The Hall–Kier alpha value is -1.92. The SMILES string of the molecule is CC(O)C(Cl)(Oc1ccc(C(=O)c2ccccc2)cc1)C1COCCN1. The second kappa shape index (κ2) is 8.18. The van der Waals surface area contributed by atoms with E-state index in [4.69, 9.17) is 21.1 Å². The fourth-order valence-electron chi connectivity index (χ4n) is 2.88. The average molecular weight is 376 g/mol. The van der Waals surface area contributed by atoms with Gasteiger partial charge < -0.3 is 19.9 Å². The number of ketones is 1. The first-order chi connectivity index (χ1) is 12.5. The van der Waals surface area contributed by atoms with Crippen molar-refractivity contribution in [2.75, 3.05) is 19.8 Å². The van der Waals surface area contributed by atoms with Crippen LogP contribution in [-0.4, -0.2) is 47.9 Å². The molecule has 0 saturated carbocycles. The summed E-state index contributed by atoms with van der Waals surface area (Å²) >= 11 is 6.60. The molecule has 0 spiro atoms. The van der Waals surface area contributed by atoms with E-state index in [2.05, 4.69) is 5.32 Å². The first-order valence-corrected chi connectivity index (χ1v) is 8.95. The van der Waals surface area contributed by atoms with Gasteiger partial charge in [0.05, 0.1) is 19.3 Å². The molecule has 0 radical (unpaired) electrons. The van der Waals surface area contributed by atoms with Gasteiger partial charge >= 0.3 is 0 Å². The highest BCUT2D eigenvalue weighted by molar-refractivity contribution is 6.24. The van der Waals surface area contributed by atoms with Gasteiger partial charge in [-0.15, -0.1) is 0 Å². The summed E-state index contributed by atoms with van der Waals surface area (Å²) in [5, 5.41) is 12.0. The molecule has 2 aromatic rings. The van der Waals surface area contributed by atoms with Gasteiger partial charge in [0.25, 0.3) is 0 Å². The molecule has 6 heteroatoms. The summed E-state index contributed by atoms with van der Waals surface area (Å²) in [5.74, 6) is 0.407. The zero-order valence-corrected chi connectivity index (χ0v) is 15.3. The van der Waals surface area contributed by atoms with Gasteiger partial charge in [-0.25, -0.2) is 0 Å². The van der Waals surface area contributed by atoms with E-state index in [1.165, 1.54) is 0 Å². The lowest BCUT2D eigenvalue weighted by atomic mass is 10.0. The van der Waals surface area contributed by atoms with E-state index >= 15 is 0 Å². The average Bonchev–Trinajstić information content (AvgIpc) is 2.69. The van der Waals surface area contributed by atoms with Crippen LogP contribution in [0.3, 0.4) is 0 Å². The van der Waals surface area contributed by atoms with Gasteiger partial charge in [0.1, 0.15) is 11.9 Å². The van der Waals surface area contributed by atoms with Gasteiger partial charge in [0.15, 0.2) is 5.78 Å². The van der Waals surface area contributed by atoms with E-state index in [9.17, 15) is 9.90 Å². The number of aliphatic hydroxyl groups is 1. The molecule has 2 N–H and O–H groups in total. The van der Waals surface area contributed by atoms with Crippen molar-refractivity contribution in [1.29, 1.82) is 0 Å². The van der Waals surface area contributed by atoms with Crippen molar-refractivity contribution in [2.24, 2.45) is 0 Å². The molecule has 26 heavy (non-hydrogen) atoms. The molecule has 0 aromatic heterocycles. The number of carbonyl (C=O) groups is 1. The van der Waals surface area contributed by atoms with Crippen molar-refractivity contribution in [1.82, 2.24) is 5.32 Å². The van der Waals surface area contributed by atoms with E-state index in [1.54, 1.807) is 43.3 Å². The Labute approximate surface area is 157 Å². The first-order valence-electron chi connectivity index (χ1n) is 8.57. The van der Waals surface area contributed by atoms with Gasteiger partial charge in [-0.1, -0.05) is 41.9 Å². The van der Waals surface area contributed by atoms with Crippen molar-refractivity contribution in [3.8, 4) is 5.75 Å². The van der Waals surface area contributed by atoms with Crippen LogP contribution < -0.4 is 10.1 Å². The third-order valence-electron chi connectivity index (χ3n) is 4.39. The molecule has 0 bridgehead atoms. The zero-order chi connectivity index (χ0) is 18.6. The molecule has 1 heterocycles. The summed E-state index contributed by atoms with van der Waals surface area (Å²) < 4.78 is 11.3. The predicted molar refractivity (Wildman–Crippen MR) is 99.8 cm³/mol. The smallest absolute Gasteiger partial charge is 0.224 e. The van der Waals surface area contributed by atoms with E-state index in [-0.39, 0.29) is 11.8 Å². The molecule has 1 saturated heterocycles. The lowest BCUT2D eigenvalue weighted by Gasteiger charge is -2.40. The minimum absolute atomic E-state index is 0.0628. The number of nitrogens with one attached hydrogen (secondary N) is 1. The molecular weight excluding hydrogens is 354 g/mol. The van der Waals surface area contributed by atoms with E-state index in [1.807, 2.05) is 18.2 Å². The maximum absolute atomic E-state index is 12.5. The molecule has 138 valence electrons. The van der Waals surface area contributed by atoms with Crippen molar-refractivity contribution in [2.45, 2.75) is 24.1 Å². The normalized spacial score (nSPS) is 20.8. The summed E-state index contributed by atoms with van der Waals surface area (Å²) in [5.41, 5.74) is 1.18. The number of halogens is 1. The zero-order valence-electron chi connectivity index (χ0n) is 14.5. The number of carbonyl (C=O) groups excluding carboxylic acids is 1. The standard InChI is InChI=1S/C20H22ClNO4/c1-14(23)20(21,18-13-25-12-11-22-18)26-17-9-7-16(8-10-17)19(24)15-5-3-2-4-6-15/h2-10,14,18,22-23H,11-13H2,1H3. The molecule has 0 amide bonds. The van der Waals surface area contributed by atoms with Gasteiger partial charge in [0.2, 0.25) is 5.06 Å². The van der Waals surface area contributed by atoms with Crippen molar-refractivity contribution < 1.29 is 19.4 Å². The van der Waals surface area contributed by atoms with E-state index < -0.39 is 11.2 Å². The summed E-state index contributed by atoms with van der Waals surface area (Å²) in [4.78, 5) is 12.5. The lowest BCUT2D eigenvalue weighted by molar-refractivity contribution is -0.0485. The highest BCUT2D eigenvalue weighted by Gasteiger charge is 2.45. The lowest BCUT2D eigenvalue weighted by Crippen LogP contribution is -2.61. The quantitative estimate of drug-likeness (QED) is 0.600. The second-order valence-corrected chi connectivity index (χ2v) is 6.87. The minimum atomic E-state index is -1.37. The highest BCUT2D eigenvalue weighted by Crippen LogP contribution is 2.30. The fourth-order valence-corrected chi connectivity index (χ4v) is 3.11. The van der Waals surface area contributed by atoms with Gasteiger partial charge in [-0.05, 0) is 31.2 Å². The molecule has 2 aromatic carbocycles. The highest BCUT2D eigenvalue weighted by atomic mass is 35.5. The number of rotatable bonds is 6. The van der Waals surface area contributed by atoms with Crippen LogP contribution in [0.15, 0.2) is 54.6 Å². The third kappa shape index (κ3) is 4.07. The molecule has 5 nitrogen and oxygen atoms in total. The van der Waals surface area contributed by atoms with Crippen molar-refractivity contribution in [3.63, 3.8) is 0 Å². The van der Waals surface area contributed by atoms with E-state index in [0.717, 1.165) is 0 Å². The van der Waals surface area contributed by atoms with Crippen LogP contribution in [0.25, 0.3) is 0 Å². The van der Waals surface area contributed by atoms with Crippen LogP contribution in [-0.2, 0) is 4.74 Å². The second-order valence-electron chi connectivity index (χ2n) is 6.28. The van der Waals surface area contributed by atoms with Crippen LogP contribution >= 0.6 is 11.6 Å². The van der Waals surface area contributed by atoms with Crippen LogP contribution in [0.2, 0.25) is 0 Å². The Balaban J connectivity index is 1.76. The van der Waals surface area contributed by atoms with Crippen LogP contribution in [0.4, 0.5) is 0 Å². The summed E-state index contributed by atoms with van der Waals surface area (Å²) in [6, 6.07) is 15.5. The monoisotopic (exact) mass is 375 g/mol. The fraction of sp³-hybridized carbons (Fsp3) is 0.350. The Kier molecular flexibility index (Phi) is 5.94. The summed E-state index contributed by atoms with van der Waals surface area (Å²) in [6.45, 7) is 3.16. The Morgan fingerprint density at radius 3 is 2.46 bits per heavy atom. The molecule has 1 aliphatic heterocycles. The van der Waals surface area contributed by atoms with Gasteiger partial charge in [-0.2, -0.15) is 0 Å². The maximum Gasteiger partial charge on any atom is 0.224 e. The number of benzene rings is 2. The number of hydrogen-bond donors (Lipinski definition) is 2. The number of ether oxygens (including phenoxy) is 2. The van der Waals surface area contributed by atoms with Gasteiger partial charge in [-0.3, -0.25) is 4.79 Å². The molecule has 0 aliphatic carbocycles. The molecule has 3 atom stereocenters. The Bertz CT molecular complexity index is 729. The molecule has 3 rings (SSSR count). The molecular formula is C20H22ClNO4. The molecule has 1 aliphatic rings. The minimum Gasteiger partial charge on any atom is -0.467 e. The molecule has 1 fully saturated rings. The van der Waals surface area contributed by atoms with Crippen molar-refractivity contribution >= 4 is 17.4 Å². The number of morpholine rings is 1. The van der Waals surface area contributed by atoms with E-state index in [0.29, 0.717) is 36.6 Å². The number of hydrogen-bond acceptors (Lipinski definition) is 5. The van der Waals surface area contributed by atoms with Crippen LogP contribution in [0.1, 0.15) is 22.8 Å². The maximum atomic E-state index is 12.5. The van der Waals surface area contributed by atoms with Crippen molar-refractivity contribution in [3.05, 3.63) is 65.7 Å². The molecule has 3 unspecified atom stereocenters. The van der Waals surface area contributed by atoms with Crippen LogP contribution in [0, 0.1) is 0 Å². The predicted octanol–water partition coefficient (Wildman–Crippen LogP) is 2.60. The summed E-state index contributed by atoms with van der Waals surface area (Å²) in [7, 11) is 0. The largest absolute Gasteiger partial charge is 0.467 e. The topological polar surface area (TPSA) is 67.8 Å².